The van der Waals surface area contributed by atoms with Gasteiger partial charge in [-0.25, -0.2) is 19.9 Å². The van der Waals surface area contributed by atoms with E-state index in [1.54, 1.807) is 0 Å². The first-order valence-corrected chi connectivity index (χ1v) is 16.5. The minimum Gasteiger partial charge on any atom is -0.456 e. The molecule has 0 bridgehead atoms. The normalized spacial score (nSPS) is 11.6. The van der Waals surface area contributed by atoms with Gasteiger partial charge >= 0.3 is 0 Å². The fourth-order valence-electron chi connectivity index (χ4n) is 6.75. The first-order chi connectivity index (χ1) is 24.8. The number of hydrogen-bond acceptors (Lipinski definition) is 6. The van der Waals surface area contributed by atoms with Gasteiger partial charge in [-0.3, -0.25) is 0 Å². The molecule has 0 atom stereocenters. The minimum absolute atomic E-state index is 0.608. The molecule has 50 heavy (non-hydrogen) atoms. The van der Waals surface area contributed by atoms with Crippen molar-refractivity contribution in [3.05, 3.63) is 158 Å². The first kappa shape index (κ1) is 28.1. The summed E-state index contributed by atoms with van der Waals surface area (Å²) in [5.41, 5.74) is 11.0. The number of rotatable bonds is 5. The van der Waals surface area contributed by atoms with Crippen LogP contribution in [0.5, 0.6) is 0 Å². The number of benzene rings is 6. The Balaban J connectivity index is 1.20. The monoisotopic (exact) mass is 642 g/mol. The van der Waals surface area contributed by atoms with E-state index in [0.29, 0.717) is 17.2 Å². The van der Waals surface area contributed by atoms with E-state index in [4.69, 9.17) is 28.8 Å². The third kappa shape index (κ3) is 4.65. The van der Waals surface area contributed by atoms with E-state index >= 15 is 0 Å². The van der Waals surface area contributed by atoms with E-state index in [-0.39, 0.29) is 0 Å². The molecule has 6 heteroatoms. The zero-order valence-electron chi connectivity index (χ0n) is 26.6. The highest BCUT2D eigenvalue weighted by atomic mass is 16.3. The lowest BCUT2D eigenvalue weighted by molar-refractivity contribution is 0.667. The lowest BCUT2D eigenvalue weighted by Gasteiger charge is -2.10. The van der Waals surface area contributed by atoms with Gasteiger partial charge in [0.1, 0.15) is 28.0 Å². The number of hydrogen-bond donors (Lipinski definition) is 0. The molecule has 6 nitrogen and oxygen atoms in total. The molecule has 0 aliphatic heterocycles. The third-order valence-corrected chi connectivity index (χ3v) is 9.12. The molecule has 0 aliphatic rings. The van der Waals surface area contributed by atoms with Crippen LogP contribution >= 0.6 is 0 Å². The molecular weight excluding hydrogens is 617 g/mol. The van der Waals surface area contributed by atoms with Crippen LogP contribution in [-0.4, -0.2) is 19.9 Å². The fourth-order valence-corrected chi connectivity index (χ4v) is 6.75. The topological polar surface area (TPSA) is 77.8 Å². The molecule has 0 spiro atoms. The standard InChI is InChI=1S/C44H26N4O2/c1-4-13-27(14-5-1)34-26-35(46-43(45-34)29-17-8-3-9-18-29)31-20-12-22-38-39(31)33-25-30(23-24-37(33)49-38)44-47-40(28-15-6-2-7-16-28)42-41(48-44)32-19-10-11-21-36(32)50-42/h1-26H. The molecule has 234 valence electrons. The van der Waals surface area contributed by atoms with E-state index < -0.39 is 0 Å². The quantitative estimate of drug-likeness (QED) is 0.186. The number of aromatic nitrogens is 4. The van der Waals surface area contributed by atoms with Crippen molar-refractivity contribution in [2.24, 2.45) is 0 Å². The Bertz CT molecular complexity index is 2800. The first-order valence-electron chi connectivity index (χ1n) is 16.5. The lowest BCUT2D eigenvalue weighted by atomic mass is 10.0. The van der Waals surface area contributed by atoms with Gasteiger partial charge in [0.2, 0.25) is 0 Å². The molecule has 0 fully saturated rings. The summed E-state index contributed by atoms with van der Waals surface area (Å²) in [5.74, 6) is 1.27. The highest BCUT2D eigenvalue weighted by Crippen LogP contribution is 2.40. The molecule has 6 aromatic carbocycles. The predicted octanol–water partition coefficient (Wildman–Crippen LogP) is 11.4. The van der Waals surface area contributed by atoms with Crippen LogP contribution in [-0.2, 0) is 0 Å². The van der Waals surface area contributed by atoms with E-state index in [2.05, 4.69) is 30.3 Å². The van der Waals surface area contributed by atoms with Crippen molar-refractivity contribution in [1.82, 2.24) is 19.9 Å². The Morgan fingerprint density at radius 2 is 1.02 bits per heavy atom. The van der Waals surface area contributed by atoms with Gasteiger partial charge < -0.3 is 8.83 Å². The Hall–Kier alpha value is -6.92. The Kier molecular flexibility index (Phi) is 6.39. The second-order valence-corrected chi connectivity index (χ2v) is 12.2. The van der Waals surface area contributed by atoms with Gasteiger partial charge in [-0.2, -0.15) is 0 Å². The molecule has 4 aromatic heterocycles. The summed E-state index contributed by atoms with van der Waals surface area (Å²) in [6.07, 6.45) is 0. The molecule has 10 rings (SSSR count). The molecule has 0 amide bonds. The molecule has 0 saturated carbocycles. The summed E-state index contributed by atoms with van der Waals surface area (Å²) < 4.78 is 12.8. The van der Waals surface area contributed by atoms with Crippen molar-refractivity contribution in [3.8, 4) is 56.5 Å². The summed E-state index contributed by atoms with van der Waals surface area (Å²) in [6, 6.07) is 52.8. The van der Waals surface area contributed by atoms with Gasteiger partial charge in [0.25, 0.3) is 0 Å². The van der Waals surface area contributed by atoms with E-state index in [1.165, 1.54) is 0 Å². The summed E-state index contributed by atoms with van der Waals surface area (Å²) in [6.45, 7) is 0. The average Bonchev–Trinajstić information content (AvgIpc) is 3.76. The van der Waals surface area contributed by atoms with Crippen LogP contribution in [0.25, 0.3) is 101 Å². The van der Waals surface area contributed by atoms with Crippen molar-refractivity contribution in [2.45, 2.75) is 0 Å². The predicted molar refractivity (Wildman–Crippen MR) is 199 cm³/mol. The molecular formula is C44H26N4O2. The summed E-state index contributed by atoms with van der Waals surface area (Å²) in [5, 5.41) is 2.88. The molecule has 0 aliphatic carbocycles. The zero-order valence-corrected chi connectivity index (χ0v) is 26.6. The van der Waals surface area contributed by atoms with Crippen LogP contribution in [0.3, 0.4) is 0 Å². The largest absolute Gasteiger partial charge is 0.456 e. The van der Waals surface area contributed by atoms with E-state index in [1.807, 2.05) is 127 Å². The molecule has 10 aromatic rings. The van der Waals surface area contributed by atoms with Gasteiger partial charge in [0.05, 0.1) is 11.4 Å². The second-order valence-electron chi connectivity index (χ2n) is 12.2. The van der Waals surface area contributed by atoms with Crippen LogP contribution in [0.4, 0.5) is 0 Å². The zero-order chi connectivity index (χ0) is 33.0. The fraction of sp³-hybridized carbons (Fsp3) is 0. The molecule has 0 radical (unpaired) electrons. The van der Waals surface area contributed by atoms with Gasteiger partial charge in [-0.15, -0.1) is 0 Å². The van der Waals surface area contributed by atoms with Gasteiger partial charge in [0.15, 0.2) is 17.2 Å². The SMILES string of the molecule is c1ccc(-c2cc(-c3cccc4oc5ccc(-c6nc(-c7ccccc7)c7oc8ccccc8c7n6)cc5c34)nc(-c3ccccc3)n2)cc1. The number of para-hydroxylation sites is 1. The van der Waals surface area contributed by atoms with Crippen molar-refractivity contribution in [3.63, 3.8) is 0 Å². The number of nitrogens with zero attached hydrogens (tertiary/aromatic N) is 4. The average molecular weight is 643 g/mol. The van der Waals surface area contributed by atoms with E-state index in [0.717, 1.165) is 83.3 Å². The molecule has 0 N–H and O–H groups in total. The maximum atomic E-state index is 6.44. The highest BCUT2D eigenvalue weighted by molar-refractivity contribution is 6.13. The Morgan fingerprint density at radius 3 is 1.82 bits per heavy atom. The van der Waals surface area contributed by atoms with Crippen molar-refractivity contribution in [2.75, 3.05) is 0 Å². The Labute approximate surface area is 286 Å². The van der Waals surface area contributed by atoms with Crippen molar-refractivity contribution < 1.29 is 8.83 Å². The molecule has 0 unspecified atom stereocenters. The summed E-state index contributed by atoms with van der Waals surface area (Å²) in [4.78, 5) is 20.4. The number of furan rings is 2. The van der Waals surface area contributed by atoms with Gasteiger partial charge in [-0.1, -0.05) is 115 Å². The van der Waals surface area contributed by atoms with Crippen LogP contribution in [0, 0.1) is 0 Å². The third-order valence-electron chi connectivity index (χ3n) is 9.12. The molecule has 4 heterocycles. The maximum Gasteiger partial charge on any atom is 0.180 e. The van der Waals surface area contributed by atoms with E-state index in [9.17, 15) is 0 Å². The van der Waals surface area contributed by atoms with Crippen molar-refractivity contribution in [1.29, 1.82) is 0 Å². The number of fused-ring (bicyclic) bond motifs is 6. The van der Waals surface area contributed by atoms with Crippen LogP contribution in [0.2, 0.25) is 0 Å². The lowest BCUT2D eigenvalue weighted by Crippen LogP contribution is -1.96. The van der Waals surface area contributed by atoms with Gasteiger partial charge in [0, 0.05) is 44.0 Å². The minimum atomic E-state index is 0.608. The summed E-state index contributed by atoms with van der Waals surface area (Å²) in [7, 11) is 0. The van der Waals surface area contributed by atoms with Crippen LogP contribution < -0.4 is 0 Å². The highest BCUT2D eigenvalue weighted by Gasteiger charge is 2.20. The maximum absolute atomic E-state index is 6.44. The van der Waals surface area contributed by atoms with Crippen LogP contribution in [0.15, 0.2) is 167 Å². The Morgan fingerprint density at radius 1 is 0.380 bits per heavy atom. The van der Waals surface area contributed by atoms with Crippen molar-refractivity contribution >= 4 is 44.0 Å². The second kappa shape index (κ2) is 11.4. The van der Waals surface area contributed by atoms with Crippen LogP contribution in [0.1, 0.15) is 0 Å². The smallest absolute Gasteiger partial charge is 0.180 e. The molecule has 0 saturated heterocycles. The summed E-state index contributed by atoms with van der Waals surface area (Å²) >= 11 is 0. The van der Waals surface area contributed by atoms with Gasteiger partial charge in [-0.05, 0) is 42.5 Å².